The van der Waals surface area contributed by atoms with Crippen LogP contribution in [-0.4, -0.2) is 10.5 Å². The van der Waals surface area contributed by atoms with Gasteiger partial charge in [-0.1, -0.05) is 18.2 Å². The average Bonchev–Trinajstić information content (AvgIpc) is 3.08. The monoisotopic (exact) mass is 297 g/mol. The Kier molecular flexibility index (Phi) is 4.03. The Morgan fingerprint density at radius 3 is 2.73 bits per heavy atom. The Hall–Kier alpha value is -2.07. The van der Waals surface area contributed by atoms with Crippen LogP contribution in [0.3, 0.4) is 0 Å². The minimum Gasteiger partial charge on any atom is -0.349 e. The van der Waals surface area contributed by atoms with Gasteiger partial charge in [-0.25, -0.2) is 0 Å². The van der Waals surface area contributed by atoms with Crippen LogP contribution in [-0.2, 0) is 26.2 Å². The maximum atomic E-state index is 12.4. The molecule has 0 saturated carbocycles. The quantitative estimate of drug-likeness (QED) is 0.911. The van der Waals surface area contributed by atoms with Crippen molar-refractivity contribution in [2.24, 2.45) is 0 Å². The van der Waals surface area contributed by atoms with Gasteiger partial charge in [-0.05, 0) is 43.5 Å². The number of carbonyl (C=O) groups is 1. The fraction of sp³-hybridized carbons (Fsp3) is 0.389. The summed E-state index contributed by atoms with van der Waals surface area (Å²) in [4.78, 5) is 12.4. The predicted octanol–water partition coefficient (Wildman–Crippen LogP) is 2.66. The molecule has 0 fully saturated rings. The van der Waals surface area contributed by atoms with Crippen LogP contribution in [0.15, 0.2) is 24.3 Å². The summed E-state index contributed by atoms with van der Waals surface area (Å²) >= 11 is 0. The minimum absolute atomic E-state index is 0.00595. The van der Waals surface area contributed by atoms with E-state index in [1.807, 2.05) is 19.9 Å². The smallest absolute Gasteiger partial charge is 0.253 e. The number of fused-ring (bicyclic) bond motifs is 1. The second kappa shape index (κ2) is 5.97. The molecule has 2 N–H and O–H groups in total. The first kappa shape index (κ1) is 14.9. The molecule has 3 rings (SSSR count). The standard InChI is InChI=1S/C18H23N3O/c1-4-21-12(2)7-17(13(21)3)18(22)20-9-14-5-6-15-10-19-11-16(15)8-14/h5-8,19H,4,9-11H2,1-3H3,(H,20,22). The highest BCUT2D eigenvalue weighted by Gasteiger charge is 2.15. The van der Waals surface area contributed by atoms with E-state index >= 15 is 0 Å². The van der Waals surface area contributed by atoms with Gasteiger partial charge in [0.05, 0.1) is 5.56 Å². The Labute approximate surface area is 131 Å². The first-order chi connectivity index (χ1) is 10.6. The summed E-state index contributed by atoms with van der Waals surface area (Å²) in [5, 5.41) is 6.38. The average molecular weight is 297 g/mol. The van der Waals surface area contributed by atoms with Crippen molar-refractivity contribution in [3.8, 4) is 0 Å². The second-order valence-electron chi connectivity index (χ2n) is 5.92. The van der Waals surface area contributed by atoms with Gasteiger partial charge in [0.2, 0.25) is 0 Å². The van der Waals surface area contributed by atoms with Crippen molar-refractivity contribution in [2.75, 3.05) is 0 Å². The third kappa shape index (κ3) is 2.66. The lowest BCUT2D eigenvalue weighted by Gasteiger charge is -2.08. The highest BCUT2D eigenvalue weighted by Crippen LogP contribution is 2.18. The van der Waals surface area contributed by atoms with Gasteiger partial charge in [0, 0.05) is 37.6 Å². The molecule has 0 spiro atoms. The van der Waals surface area contributed by atoms with Gasteiger partial charge < -0.3 is 15.2 Å². The van der Waals surface area contributed by atoms with Crippen molar-refractivity contribution in [1.29, 1.82) is 0 Å². The first-order valence-corrected chi connectivity index (χ1v) is 7.86. The topological polar surface area (TPSA) is 46.1 Å². The molecule has 22 heavy (non-hydrogen) atoms. The van der Waals surface area contributed by atoms with E-state index in [1.165, 1.54) is 11.1 Å². The lowest BCUT2D eigenvalue weighted by Crippen LogP contribution is -2.23. The number of carbonyl (C=O) groups excluding carboxylic acids is 1. The van der Waals surface area contributed by atoms with Gasteiger partial charge in [-0.2, -0.15) is 0 Å². The second-order valence-corrected chi connectivity index (χ2v) is 5.92. The lowest BCUT2D eigenvalue weighted by molar-refractivity contribution is 0.0950. The molecule has 1 aromatic heterocycles. The van der Waals surface area contributed by atoms with Crippen molar-refractivity contribution in [3.05, 3.63) is 57.9 Å². The van der Waals surface area contributed by atoms with Gasteiger partial charge >= 0.3 is 0 Å². The van der Waals surface area contributed by atoms with E-state index in [9.17, 15) is 4.79 Å². The molecule has 116 valence electrons. The molecule has 2 aromatic rings. The summed E-state index contributed by atoms with van der Waals surface area (Å²) in [5.74, 6) is 0.00595. The Morgan fingerprint density at radius 1 is 1.23 bits per heavy atom. The maximum absolute atomic E-state index is 12.4. The van der Waals surface area contributed by atoms with E-state index in [2.05, 4.69) is 40.3 Å². The zero-order valence-electron chi connectivity index (χ0n) is 13.5. The predicted molar refractivity (Wildman–Crippen MR) is 87.7 cm³/mol. The third-order valence-electron chi connectivity index (χ3n) is 4.49. The fourth-order valence-electron chi connectivity index (χ4n) is 3.25. The normalized spacial score (nSPS) is 13.2. The largest absolute Gasteiger partial charge is 0.349 e. The van der Waals surface area contributed by atoms with Crippen LogP contribution in [0.1, 0.15) is 45.4 Å². The van der Waals surface area contributed by atoms with Crippen LogP contribution in [0.5, 0.6) is 0 Å². The number of aryl methyl sites for hydroxylation is 1. The molecular weight excluding hydrogens is 274 g/mol. The van der Waals surface area contributed by atoms with Crippen LogP contribution >= 0.6 is 0 Å². The van der Waals surface area contributed by atoms with Gasteiger partial charge in [0.25, 0.3) is 5.91 Å². The third-order valence-corrected chi connectivity index (χ3v) is 4.49. The van der Waals surface area contributed by atoms with Crippen LogP contribution in [0, 0.1) is 13.8 Å². The van der Waals surface area contributed by atoms with E-state index in [1.54, 1.807) is 0 Å². The summed E-state index contributed by atoms with van der Waals surface area (Å²) in [6.07, 6.45) is 0. The molecule has 0 aliphatic carbocycles. The molecule has 0 saturated heterocycles. The summed E-state index contributed by atoms with van der Waals surface area (Å²) < 4.78 is 2.16. The number of amides is 1. The van der Waals surface area contributed by atoms with Crippen molar-refractivity contribution in [3.63, 3.8) is 0 Å². The van der Waals surface area contributed by atoms with E-state index in [0.717, 1.165) is 42.1 Å². The lowest BCUT2D eigenvalue weighted by atomic mass is 10.1. The van der Waals surface area contributed by atoms with E-state index < -0.39 is 0 Å². The molecular formula is C18H23N3O. The Bertz CT molecular complexity index is 715. The zero-order chi connectivity index (χ0) is 15.7. The number of benzene rings is 1. The van der Waals surface area contributed by atoms with Crippen molar-refractivity contribution in [1.82, 2.24) is 15.2 Å². The van der Waals surface area contributed by atoms with Crippen LogP contribution in [0.25, 0.3) is 0 Å². The highest BCUT2D eigenvalue weighted by molar-refractivity contribution is 5.95. The van der Waals surface area contributed by atoms with Gasteiger partial charge in [0.1, 0.15) is 0 Å². The zero-order valence-corrected chi connectivity index (χ0v) is 13.5. The van der Waals surface area contributed by atoms with Crippen molar-refractivity contribution < 1.29 is 4.79 Å². The van der Waals surface area contributed by atoms with Gasteiger partial charge in [-0.3, -0.25) is 4.79 Å². The van der Waals surface area contributed by atoms with Crippen LogP contribution < -0.4 is 10.6 Å². The summed E-state index contributed by atoms with van der Waals surface area (Å²) in [6.45, 7) is 9.48. The molecule has 1 aromatic carbocycles. The highest BCUT2D eigenvalue weighted by atomic mass is 16.1. The number of nitrogens with one attached hydrogen (secondary N) is 2. The number of nitrogens with zero attached hydrogens (tertiary/aromatic N) is 1. The molecule has 4 nitrogen and oxygen atoms in total. The summed E-state index contributed by atoms with van der Waals surface area (Å²) in [6, 6.07) is 8.41. The SMILES string of the molecule is CCn1c(C)cc(C(=O)NCc2ccc3c(c2)CNC3)c1C. The number of hydrogen-bond donors (Lipinski definition) is 2. The summed E-state index contributed by atoms with van der Waals surface area (Å²) in [5.41, 5.74) is 6.81. The van der Waals surface area contributed by atoms with Crippen LogP contribution in [0.4, 0.5) is 0 Å². The van der Waals surface area contributed by atoms with Gasteiger partial charge in [0.15, 0.2) is 0 Å². The van der Waals surface area contributed by atoms with Crippen molar-refractivity contribution in [2.45, 2.75) is 47.0 Å². The molecule has 1 aliphatic rings. The maximum Gasteiger partial charge on any atom is 0.253 e. The summed E-state index contributed by atoms with van der Waals surface area (Å²) in [7, 11) is 0. The first-order valence-electron chi connectivity index (χ1n) is 7.86. The molecule has 0 bridgehead atoms. The van der Waals surface area contributed by atoms with Crippen molar-refractivity contribution >= 4 is 5.91 Å². The molecule has 1 aliphatic heterocycles. The Morgan fingerprint density at radius 2 is 2.00 bits per heavy atom. The number of hydrogen-bond acceptors (Lipinski definition) is 2. The van der Waals surface area contributed by atoms with Gasteiger partial charge in [-0.15, -0.1) is 0 Å². The Balaban J connectivity index is 1.70. The molecule has 1 amide bonds. The number of rotatable bonds is 4. The van der Waals surface area contributed by atoms with E-state index in [-0.39, 0.29) is 5.91 Å². The molecule has 4 heteroatoms. The molecule has 0 radical (unpaired) electrons. The van der Waals surface area contributed by atoms with Crippen LogP contribution in [0.2, 0.25) is 0 Å². The number of aromatic nitrogens is 1. The van der Waals surface area contributed by atoms with E-state index in [4.69, 9.17) is 0 Å². The van der Waals surface area contributed by atoms with E-state index in [0.29, 0.717) is 6.54 Å². The molecule has 2 heterocycles. The fourth-order valence-corrected chi connectivity index (χ4v) is 3.25. The molecule has 0 atom stereocenters. The minimum atomic E-state index is 0.00595. The molecule has 0 unspecified atom stereocenters.